The number of nitrogens with zero attached hydrogens (tertiary/aromatic N) is 4. The molecule has 3 aromatic rings. The molecule has 0 saturated carbocycles. The summed E-state index contributed by atoms with van der Waals surface area (Å²) in [5, 5.41) is 0.935. The molecule has 11 heteroatoms. The first kappa shape index (κ1) is 26.6. The molecule has 1 saturated heterocycles. The minimum Gasteiger partial charge on any atom is -0.369 e. The van der Waals surface area contributed by atoms with Crippen LogP contribution in [0.2, 0.25) is 0 Å². The highest BCUT2D eigenvalue weighted by atomic mass is 32.2. The fraction of sp³-hybridized carbons (Fsp3) is 0.483. The number of allylic oxidation sites excluding steroid dienone is 2. The van der Waals surface area contributed by atoms with Crippen LogP contribution in [-0.4, -0.2) is 77.4 Å². The molecule has 1 aliphatic carbocycles. The number of carbonyl (C=O) groups excluding carboxylic acids is 2. The van der Waals surface area contributed by atoms with E-state index in [2.05, 4.69) is 27.0 Å². The molecule has 2 aromatic heterocycles. The smallest absolute Gasteiger partial charge is 0.290 e. The monoisotopic (exact) mass is 564 g/mol. The number of fused-ring (bicyclic) bond motifs is 2. The Bertz CT molecular complexity index is 1600. The van der Waals surface area contributed by atoms with E-state index in [1.807, 2.05) is 21.7 Å². The van der Waals surface area contributed by atoms with Crippen molar-refractivity contribution in [2.75, 3.05) is 36.5 Å². The van der Waals surface area contributed by atoms with Gasteiger partial charge in [-0.25, -0.2) is 13.4 Å². The van der Waals surface area contributed by atoms with Crippen LogP contribution >= 0.6 is 0 Å². The topological polar surface area (TPSA) is 134 Å². The number of hydrogen-bond donors (Lipinski definition) is 2. The van der Waals surface area contributed by atoms with Gasteiger partial charge in [0.25, 0.3) is 11.8 Å². The van der Waals surface area contributed by atoms with Gasteiger partial charge in [-0.1, -0.05) is 6.08 Å². The van der Waals surface area contributed by atoms with Gasteiger partial charge in [0.1, 0.15) is 9.84 Å². The zero-order valence-corrected chi connectivity index (χ0v) is 23.6. The molecule has 1 aromatic carbocycles. The van der Waals surface area contributed by atoms with Crippen LogP contribution < -0.4 is 10.6 Å². The van der Waals surface area contributed by atoms with E-state index in [9.17, 15) is 18.0 Å². The van der Waals surface area contributed by atoms with E-state index in [4.69, 9.17) is 5.73 Å². The van der Waals surface area contributed by atoms with Crippen molar-refractivity contribution in [3.8, 4) is 0 Å². The third-order valence-corrected chi connectivity index (χ3v) is 9.71. The number of amides is 2. The molecule has 2 atom stereocenters. The molecule has 40 heavy (non-hydrogen) atoms. The van der Waals surface area contributed by atoms with Gasteiger partial charge < -0.3 is 25.1 Å². The van der Waals surface area contributed by atoms with E-state index in [1.54, 1.807) is 12.3 Å². The van der Waals surface area contributed by atoms with Gasteiger partial charge in [-0.3, -0.25) is 9.59 Å². The number of anilines is 1. The van der Waals surface area contributed by atoms with E-state index in [-0.39, 0.29) is 23.6 Å². The molecule has 212 valence electrons. The Morgan fingerprint density at radius 2 is 2.02 bits per heavy atom. The maximum absolute atomic E-state index is 13.2. The second kappa shape index (κ2) is 10.4. The van der Waals surface area contributed by atoms with E-state index in [1.165, 1.54) is 6.26 Å². The maximum Gasteiger partial charge on any atom is 0.290 e. The standard InChI is InChI=1S/C29H36N6O4S/c1-40(38,39)18-19-4-2-5-20(8-7-19)24-16-23-25(10-9-22(27(30)36)26(23)32-24)34-12-3-6-21(17-34)35-15-14-33-13-11-31-28(33)29(35)37/h5,9-11,13,16,19,21,32H,2-4,6-8,12,14-15,17-18H2,1H3,(H2,30,36)/t19?,21-/m1/s1. The first-order valence-corrected chi connectivity index (χ1v) is 16.1. The quantitative estimate of drug-likeness (QED) is 0.472. The number of aromatic amines is 1. The third kappa shape index (κ3) is 5.14. The molecule has 0 radical (unpaired) electrons. The van der Waals surface area contributed by atoms with E-state index < -0.39 is 15.7 Å². The van der Waals surface area contributed by atoms with Crippen LogP contribution in [0, 0.1) is 5.92 Å². The summed E-state index contributed by atoms with van der Waals surface area (Å²) in [4.78, 5) is 37.6. The van der Waals surface area contributed by atoms with Crippen LogP contribution in [0.1, 0.15) is 65.2 Å². The van der Waals surface area contributed by atoms with Crippen molar-refractivity contribution in [3.05, 3.63) is 53.8 Å². The number of imidazole rings is 1. The van der Waals surface area contributed by atoms with Crippen molar-refractivity contribution in [3.63, 3.8) is 0 Å². The van der Waals surface area contributed by atoms with Crippen LogP contribution in [0.3, 0.4) is 0 Å². The molecule has 4 heterocycles. The number of piperidine rings is 1. The van der Waals surface area contributed by atoms with Crippen molar-refractivity contribution < 1.29 is 18.0 Å². The maximum atomic E-state index is 13.2. The van der Waals surface area contributed by atoms with Crippen molar-refractivity contribution in [1.29, 1.82) is 0 Å². The van der Waals surface area contributed by atoms with E-state index in [0.717, 1.165) is 79.5 Å². The van der Waals surface area contributed by atoms with Gasteiger partial charge in [-0.2, -0.15) is 0 Å². The molecule has 0 bridgehead atoms. The summed E-state index contributed by atoms with van der Waals surface area (Å²) in [6.07, 6.45) is 12.2. The lowest BCUT2D eigenvalue weighted by atomic mass is 9.99. The number of hydrogen-bond acceptors (Lipinski definition) is 6. The van der Waals surface area contributed by atoms with Crippen LogP contribution in [0.4, 0.5) is 5.69 Å². The summed E-state index contributed by atoms with van der Waals surface area (Å²) in [6.45, 7) is 2.97. The zero-order chi connectivity index (χ0) is 28.0. The predicted molar refractivity (Wildman–Crippen MR) is 155 cm³/mol. The molecule has 3 N–H and O–H groups in total. The van der Waals surface area contributed by atoms with Crippen LogP contribution in [0.25, 0.3) is 16.5 Å². The van der Waals surface area contributed by atoms with Crippen LogP contribution in [0.5, 0.6) is 0 Å². The number of nitrogens with two attached hydrogens (primary N) is 1. The predicted octanol–water partition coefficient (Wildman–Crippen LogP) is 3.21. The number of rotatable bonds is 6. The van der Waals surface area contributed by atoms with Crippen molar-refractivity contribution in [1.82, 2.24) is 19.4 Å². The Morgan fingerprint density at radius 1 is 1.18 bits per heavy atom. The summed E-state index contributed by atoms with van der Waals surface area (Å²) in [5.41, 5.74) is 10.0. The number of carbonyl (C=O) groups is 2. The molecule has 10 nitrogen and oxygen atoms in total. The minimum atomic E-state index is -3.02. The van der Waals surface area contributed by atoms with Crippen LogP contribution in [0.15, 0.2) is 36.7 Å². The van der Waals surface area contributed by atoms with Gasteiger partial charge in [0.2, 0.25) is 0 Å². The van der Waals surface area contributed by atoms with Gasteiger partial charge in [-0.05, 0) is 68.2 Å². The minimum absolute atomic E-state index is 0.0178. The van der Waals surface area contributed by atoms with E-state index in [0.29, 0.717) is 24.5 Å². The van der Waals surface area contributed by atoms with E-state index >= 15 is 0 Å². The number of nitrogens with one attached hydrogen (secondary N) is 1. The van der Waals surface area contributed by atoms with Crippen molar-refractivity contribution >= 4 is 43.8 Å². The molecule has 2 aliphatic heterocycles. The fourth-order valence-electron chi connectivity index (χ4n) is 6.71. The summed E-state index contributed by atoms with van der Waals surface area (Å²) in [7, 11) is -3.02. The zero-order valence-electron chi connectivity index (χ0n) is 22.8. The van der Waals surface area contributed by atoms with Gasteiger partial charge >= 0.3 is 0 Å². The second-order valence-electron chi connectivity index (χ2n) is 11.5. The lowest BCUT2D eigenvalue weighted by molar-refractivity contribution is 0.0591. The second-order valence-corrected chi connectivity index (χ2v) is 13.6. The molecule has 3 aliphatic rings. The highest BCUT2D eigenvalue weighted by Crippen LogP contribution is 2.37. The number of benzene rings is 1. The first-order valence-electron chi connectivity index (χ1n) is 14.1. The normalized spacial score (nSPS) is 22.2. The first-order chi connectivity index (χ1) is 19.2. The Hall–Kier alpha value is -3.60. The summed E-state index contributed by atoms with van der Waals surface area (Å²) in [6, 6.07) is 5.94. The largest absolute Gasteiger partial charge is 0.369 e. The summed E-state index contributed by atoms with van der Waals surface area (Å²) in [5.74, 6) is 0.358. The Morgan fingerprint density at radius 3 is 2.83 bits per heavy atom. The Kier molecular flexibility index (Phi) is 6.93. The molecular formula is C29H36N6O4S. The lowest BCUT2D eigenvalue weighted by Gasteiger charge is -2.41. The van der Waals surface area contributed by atoms with Gasteiger partial charge in [0.15, 0.2) is 5.82 Å². The SMILES string of the molecule is CS(=O)(=O)CC1CCC=C(c2cc3c(N4CCC[C@@H](N5CCn6ccnc6C5=O)C4)ccc(C(N)=O)c3[nH]2)CC1. The summed E-state index contributed by atoms with van der Waals surface area (Å²) >= 11 is 0. The highest BCUT2D eigenvalue weighted by Gasteiger charge is 2.34. The van der Waals surface area contributed by atoms with Gasteiger partial charge in [0.05, 0.1) is 16.8 Å². The highest BCUT2D eigenvalue weighted by molar-refractivity contribution is 7.90. The molecule has 1 fully saturated rings. The summed E-state index contributed by atoms with van der Waals surface area (Å²) < 4.78 is 25.6. The Labute approximate surface area is 234 Å². The fourth-order valence-corrected chi connectivity index (χ4v) is 7.90. The molecule has 1 unspecified atom stereocenters. The number of H-pyrrole nitrogens is 1. The molecule has 6 rings (SSSR count). The lowest BCUT2D eigenvalue weighted by Crippen LogP contribution is -2.53. The number of sulfone groups is 1. The third-order valence-electron chi connectivity index (χ3n) is 8.64. The van der Waals surface area contributed by atoms with Crippen LogP contribution in [-0.2, 0) is 16.4 Å². The average Bonchev–Trinajstić information content (AvgIpc) is 3.51. The molecular weight excluding hydrogens is 528 g/mol. The van der Waals surface area contributed by atoms with Gasteiger partial charge in [0, 0.05) is 67.6 Å². The number of aromatic nitrogens is 3. The van der Waals surface area contributed by atoms with Crippen molar-refractivity contribution in [2.45, 2.75) is 51.1 Å². The van der Waals surface area contributed by atoms with Gasteiger partial charge in [-0.15, -0.1) is 0 Å². The molecule has 0 spiro atoms. The number of primary amides is 1. The Balaban J connectivity index is 1.28. The molecule has 2 amide bonds. The van der Waals surface area contributed by atoms with Crippen molar-refractivity contribution in [2.24, 2.45) is 11.7 Å². The average molecular weight is 565 g/mol.